The van der Waals surface area contributed by atoms with Crippen LogP contribution in [-0.4, -0.2) is 22.0 Å². The Morgan fingerprint density at radius 1 is 1.08 bits per heavy atom. The van der Waals surface area contributed by atoms with Gasteiger partial charge < -0.3 is 10.2 Å². The predicted molar refractivity (Wildman–Crippen MR) is 102 cm³/mol. The standard InChI is InChI=1S/C22H26O4/c1-12(2)14-8-7-9-15(10-14)19(23)16-11-17(22(4,5)6)20(24)18(13(16)3)21(25)26/h7-12,24H,1-6H3,(H,25,26). The summed E-state index contributed by atoms with van der Waals surface area (Å²) < 4.78 is 0. The molecule has 0 amide bonds. The van der Waals surface area contributed by atoms with Crippen LogP contribution in [0.2, 0.25) is 0 Å². The summed E-state index contributed by atoms with van der Waals surface area (Å²) in [5, 5.41) is 20.0. The van der Waals surface area contributed by atoms with Crippen molar-refractivity contribution in [2.24, 2.45) is 0 Å². The fourth-order valence-electron chi connectivity index (χ4n) is 3.03. The Labute approximate surface area is 154 Å². The van der Waals surface area contributed by atoms with Gasteiger partial charge in [0.25, 0.3) is 0 Å². The van der Waals surface area contributed by atoms with E-state index in [4.69, 9.17) is 0 Å². The number of carboxylic acids is 1. The molecule has 0 saturated heterocycles. The molecule has 4 nitrogen and oxygen atoms in total. The highest BCUT2D eigenvalue weighted by atomic mass is 16.4. The van der Waals surface area contributed by atoms with Crippen LogP contribution in [0.15, 0.2) is 30.3 Å². The van der Waals surface area contributed by atoms with Crippen LogP contribution in [-0.2, 0) is 5.41 Å². The van der Waals surface area contributed by atoms with Gasteiger partial charge in [-0.05, 0) is 41.5 Å². The van der Waals surface area contributed by atoms with E-state index in [1.54, 1.807) is 19.1 Å². The molecule has 4 heteroatoms. The molecule has 26 heavy (non-hydrogen) atoms. The molecule has 0 aromatic heterocycles. The minimum Gasteiger partial charge on any atom is -0.507 e. The van der Waals surface area contributed by atoms with E-state index in [9.17, 15) is 19.8 Å². The molecule has 2 aromatic carbocycles. The van der Waals surface area contributed by atoms with Gasteiger partial charge in [0.2, 0.25) is 0 Å². The van der Waals surface area contributed by atoms with Crippen molar-refractivity contribution in [3.8, 4) is 5.75 Å². The monoisotopic (exact) mass is 354 g/mol. The maximum Gasteiger partial charge on any atom is 0.339 e. The highest BCUT2D eigenvalue weighted by Crippen LogP contribution is 2.37. The van der Waals surface area contributed by atoms with Gasteiger partial charge in [-0.1, -0.05) is 52.8 Å². The lowest BCUT2D eigenvalue weighted by molar-refractivity contribution is 0.0692. The Morgan fingerprint density at radius 3 is 2.19 bits per heavy atom. The normalized spacial score (nSPS) is 11.7. The number of hydrogen-bond acceptors (Lipinski definition) is 3. The lowest BCUT2D eigenvalue weighted by Gasteiger charge is -2.24. The van der Waals surface area contributed by atoms with Gasteiger partial charge in [-0.3, -0.25) is 4.79 Å². The Hall–Kier alpha value is -2.62. The van der Waals surface area contributed by atoms with E-state index in [2.05, 4.69) is 13.8 Å². The molecule has 2 N–H and O–H groups in total. The number of aromatic carboxylic acids is 1. The minimum absolute atomic E-state index is 0.208. The number of ketones is 1. The van der Waals surface area contributed by atoms with E-state index in [1.807, 2.05) is 39.0 Å². The molecule has 0 bridgehead atoms. The van der Waals surface area contributed by atoms with Crippen LogP contribution in [0.1, 0.15) is 83.5 Å². The van der Waals surface area contributed by atoms with Crippen LogP contribution in [0.5, 0.6) is 5.75 Å². The second-order valence-electron chi connectivity index (χ2n) is 7.98. The van der Waals surface area contributed by atoms with Gasteiger partial charge in [-0.25, -0.2) is 4.79 Å². The van der Waals surface area contributed by atoms with Gasteiger partial charge in [0.05, 0.1) is 0 Å². The molecular formula is C22H26O4. The van der Waals surface area contributed by atoms with E-state index in [-0.39, 0.29) is 28.6 Å². The van der Waals surface area contributed by atoms with Crippen molar-refractivity contribution in [3.05, 3.63) is 63.7 Å². The Morgan fingerprint density at radius 2 is 1.69 bits per heavy atom. The number of aromatic hydroxyl groups is 1. The zero-order valence-electron chi connectivity index (χ0n) is 16.2. The first-order chi connectivity index (χ1) is 11.9. The van der Waals surface area contributed by atoms with Crippen LogP contribution in [0.3, 0.4) is 0 Å². The van der Waals surface area contributed by atoms with Crippen molar-refractivity contribution in [2.45, 2.75) is 52.9 Å². The molecule has 2 aromatic rings. The lowest BCUT2D eigenvalue weighted by atomic mass is 9.81. The topological polar surface area (TPSA) is 74.6 Å². The molecule has 0 spiro atoms. The zero-order chi connectivity index (χ0) is 19.8. The Balaban J connectivity index is 2.73. The first-order valence-electron chi connectivity index (χ1n) is 8.70. The van der Waals surface area contributed by atoms with Crippen molar-refractivity contribution in [1.82, 2.24) is 0 Å². The van der Waals surface area contributed by atoms with Crippen LogP contribution in [0.25, 0.3) is 0 Å². The summed E-state index contributed by atoms with van der Waals surface area (Å²) in [7, 11) is 0. The number of rotatable bonds is 4. The van der Waals surface area contributed by atoms with Crippen LogP contribution in [0.4, 0.5) is 0 Å². The molecule has 0 heterocycles. The molecule has 0 fully saturated rings. The van der Waals surface area contributed by atoms with E-state index >= 15 is 0 Å². The summed E-state index contributed by atoms with van der Waals surface area (Å²) in [6, 6.07) is 9.01. The predicted octanol–water partition coefficient (Wildman–Crippen LogP) is 5.05. The second kappa shape index (κ2) is 6.94. The largest absolute Gasteiger partial charge is 0.507 e. The van der Waals surface area contributed by atoms with Gasteiger partial charge in [0.1, 0.15) is 11.3 Å². The van der Waals surface area contributed by atoms with Crippen molar-refractivity contribution in [1.29, 1.82) is 0 Å². The maximum atomic E-state index is 13.1. The number of hydrogen-bond donors (Lipinski definition) is 2. The van der Waals surface area contributed by atoms with Crippen molar-refractivity contribution in [3.63, 3.8) is 0 Å². The first-order valence-corrected chi connectivity index (χ1v) is 8.70. The summed E-state index contributed by atoms with van der Waals surface area (Å²) in [6.07, 6.45) is 0. The molecule has 0 aliphatic carbocycles. The first kappa shape index (κ1) is 19.7. The lowest BCUT2D eigenvalue weighted by Crippen LogP contribution is -2.17. The number of carboxylic acid groups (broad SMARTS) is 1. The van der Waals surface area contributed by atoms with Crippen molar-refractivity contribution in [2.75, 3.05) is 0 Å². The van der Waals surface area contributed by atoms with Gasteiger partial charge in [0.15, 0.2) is 5.78 Å². The number of benzene rings is 2. The third-order valence-corrected chi connectivity index (χ3v) is 4.64. The molecular weight excluding hydrogens is 328 g/mol. The Kier molecular flexibility index (Phi) is 5.26. The summed E-state index contributed by atoms with van der Waals surface area (Å²) in [5.41, 5.74) is 1.89. The molecule has 0 aliphatic heterocycles. The molecule has 2 rings (SSSR count). The SMILES string of the molecule is Cc1c(C(=O)c2cccc(C(C)C)c2)cc(C(C)(C)C)c(O)c1C(=O)O. The number of carbonyl (C=O) groups excluding carboxylic acids is 1. The van der Waals surface area contributed by atoms with Crippen LogP contribution in [0, 0.1) is 6.92 Å². The molecule has 0 unspecified atom stereocenters. The van der Waals surface area contributed by atoms with E-state index in [0.29, 0.717) is 16.7 Å². The van der Waals surface area contributed by atoms with Crippen molar-refractivity contribution < 1.29 is 19.8 Å². The third kappa shape index (κ3) is 3.64. The van der Waals surface area contributed by atoms with Gasteiger partial charge in [-0.2, -0.15) is 0 Å². The smallest absolute Gasteiger partial charge is 0.339 e. The van der Waals surface area contributed by atoms with E-state index in [1.165, 1.54) is 0 Å². The van der Waals surface area contributed by atoms with Gasteiger partial charge in [-0.15, -0.1) is 0 Å². The minimum atomic E-state index is -1.24. The average Bonchev–Trinajstić information content (AvgIpc) is 2.53. The van der Waals surface area contributed by atoms with Gasteiger partial charge >= 0.3 is 5.97 Å². The number of phenols is 1. The Bertz CT molecular complexity index is 870. The van der Waals surface area contributed by atoms with E-state index < -0.39 is 11.4 Å². The summed E-state index contributed by atoms with van der Waals surface area (Å²) in [5.74, 6) is -1.47. The molecule has 0 aliphatic rings. The quantitative estimate of drug-likeness (QED) is 0.753. The van der Waals surface area contributed by atoms with Gasteiger partial charge in [0, 0.05) is 16.7 Å². The zero-order valence-corrected chi connectivity index (χ0v) is 16.2. The highest BCUT2D eigenvalue weighted by Gasteiger charge is 2.28. The summed E-state index contributed by atoms with van der Waals surface area (Å²) in [4.78, 5) is 24.8. The summed E-state index contributed by atoms with van der Waals surface area (Å²) in [6.45, 7) is 11.3. The maximum absolute atomic E-state index is 13.1. The molecule has 0 atom stereocenters. The van der Waals surface area contributed by atoms with Crippen LogP contribution < -0.4 is 0 Å². The summed E-state index contributed by atoms with van der Waals surface area (Å²) >= 11 is 0. The van der Waals surface area contributed by atoms with Crippen LogP contribution >= 0.6 is 0 Å². The molecule has 138 valence electrons. The molecule has 0 saturated carbocycles. The third-order valence-electron chi connectivity index (χ3n) is 4.64. The fraction of sp³-hybridized carbons (Fsp3) is 0.364. The second-order valence-corrected chi connectivity index (χ2v) is 7.98. The number of carbonyl (C=O) groups is 2. The van der Waals surface area contributed by atoms with E-state index in [0.717, 1.165) is 5.56 Å². The van der Waals surface area contributed by atoms with Crippen molar-refractivity contribution >= 4 is 11.8 Å². The average molecular weight is 354 g/mol. The molecule has 0 radical (unpaired) electrons. The highest BCUT2D eigenvalue weighted by molar-refractivity contribution is 6.12. The fourth-order valence-corrected chi connectivity index (χ4v) is 3.03.